The molecular formula is C31H42N2O6S2. The van der Waals surface area contributed by atoms with E-state index in [1.165, 1.54) is 22.7 Å². The van der Waals surface area contributed by atoms with Gasteiger partial charge in [-0.05, 0) is 55.7 Å². The Morgan fingerprint density at radius 3 is 2.54 bits per heavy atom. The molecule has 0 radical (unpaired) electrons. The number of carbonyl (C=O) groups is 3. The van der Waals surface area contributed by atoms with Crippen molar-refractivity contribution in [3.8, 4) is 0 Å². The smallest absolute Gasteiger partial charge is 0.309 e. The average Bonchev–Trinajstić information content (AvgIpc) is 3.25. The van der Waals surface area contributed by atoms with Crippen LogP contribution in [0.3, 0.4) is 0 Å². The number of rotatable bonds is 3. The van der Waals surface area contributed by atoms with Crippen molar-refractivity contribution in [3.05, 3.63) is 44.0 Å². The Bertz CT molecular complexity index is 1270. The zero-order valence-corrected chi connectivity index (χ0v) is 26.3. The van der Waals surface area contributed by atoms with Gasteiger partial charge in [0.05, 0.1) is 51.7 Å². The van der Waals surface area contributed by atoms with E-state index in [1.54, 1.807) is 20.8 Å². The average molecular weight is 603 g/mol. The lowest BCUT2D eigenvalue weighted by Crippen LogP contribution is -2.45. The summed E-state index contributed by atoms with van der Waals surface area (Å²) in [6.45, 7) is 10.7. The van der Waals surface area contributed by atoms with Crippen LogP contribution in [0.5, 0.6) is 0 Å². The number of Topliss-reactive ketones (excluding diaryl/α,β-unsaturated/α-hetero) is 1. The van der Waals surface area contributed by atoms with E-state index in [1.807, 2.05) is 54.6 Å². The molecule has 0 aliphatic carbocycles. The summed E-state index contributed by atoms with van der Waals surface area (Å²) >= 11 is 2.94. The van der Waals surface area contributed by atoms with Gasteiger partial charge in [-0.15, -0.1) is 22.7 Å². The van der Waals surface area contributed by atoms with Crippen molar-refractivity contribution in [2.24, 2.45) is 17.3 Å². The van der Waals surface area contributed by atoms with Crippen molar-refractivity contribution in [2.75, 3.05) is 0 Å². The first kappa shape index (κ1) is 31.5. The van der Waals surface area contributed by atoms with Gasteiger partial charge in [0.2, 0.25) is 0 Å². The van der Waals surface area contributed by atoms with Crippen molar-refractivity contribution in [1.29, 1.82) is 0 Å². The lowest BCUT2D eigenvalue weighted by Gasteiger charge is -2.34. The Kier molecular flexibility index (Phi) is 9.89. The number of carbonyl (C=O) groups excluding carboxylic acids is 3. The normalized spacial score (nSPS) is 31.9. The molecule has 2 saturated heterocycles. The highest BCUT2D eigenvalue weighted by molar-refractivity contribution is 7.12. The number of aromatic nitrogens is 1. The highest BCUT2D eigenvalue weighted by Gasteiger charge is 2.52. The molecule has 0 spiro atoms. The minimum atomic E-state index is -1.28. The molecule has 1 amide bonds. The van der Waals surface area contributed by atoms with Crippen LogP contribution < -0.4 is 0 Å². The molecule has 4 rings (SSSR count). The van der Waals surface area contributed by atoms with Gasteiger partial charge in [-0.3, -0.25) is 14.4 Å². The van der Waals surface area contributed by atoms with E-state index in [0.29, 0.717) is 17.7 Å². The number of hydrogen-bond acceptors (Lipinski definition) is 9. The number of fused-ring (bicyclic) bond motifs is 1. The number of nitrogens with zero attached hydrogens (tertiary/aromatic N) is 2. The number of aliphatic hydroxyl groups excluding tert-OH is 2. The minimum Gasteiger partial charge on any atom is -0.458 e. The van der Waals surface area contributed by atoms with Crippen LogP contribution in [-0.4, -0.2) is 68.2 Å². The van der Waals surface area contributed by atoms with Gasteiger partial charge in [0.15, 0.2) is 0 Å². The van der Waals surface area contributed by atoms with Crippen molar-refractivity contribution in [1.82, 2.24) is 9.88 Å². The molecule has 0 saturated carbocycles. The van der Waals surface area contributed by atoms with Crippen LogP contribution in [-0.2, 0) is 14.3 Å². The zero-order chi connectivity index (χ0) is 30.1. The molecule has 2 aromatic heterocycles. The second-order valence-corrected chi connectivity index (χ2v) is 14.2. The molecule has 2 aromatic rings. The van der Waals surface area contributed by atoms with E-state index >= 15 is 0 Å². The molecular weight excluding hydrogens is 560 g/mol. The van der Waals surface area contributed by atoms with Gasteiger partial charge in [-0.25, -0.2) is 4.98 Å². The van der Waals surface area contributed by atoms with Crippen molar-refractivity contribution in [3.63, 3.8) is 0 Å². The molecule has 2 N–H and O–H groups in total. The number of hydrogen-bond donors (Lipinski definition) is 2. The van der Waals surface area contributed by atoms with Crippen molar-refractivity contribution < 1.29 is 29.3 Å². The van der Waals surface area contributed by atoms with Crippen LogP contribution in [0.15, 0.2) is 28.5 Å². The summed E-state index contributed by atoms with van der Waals surface area (Å²) in [5.74, 6) is -1.78. The van der Waals surface area contributed by atoms with Crippen LogP contribution in [0.2, 0.25) is 0 Å². The Morgan fingerprint density at radius 2 is 1.90 bits per heavy atom. The van der Waals surface area contributed by atoms with Crippen LogP contribution in [0.1, 0.15) is 87.1 Å². The predicted molar refractivity (Wildman–Crippen MR) is 161 cm³/mol. The lowest BCUT2D eigenvalue weighted by atomic mass is 9.73. The first-order valence-electron chi connectivity index (χ1n) is 14.4. The van der Waals surface area contributed by atoms with E-state index in [9.17, 15) is 24.6 Å². The maximum atomic E-state index is 13.4. The maximum Gasteiger partial charge on any atom is 0.309 e. The monoisotopic (exact) mass is 602 g/mol. The summed E-state index contributed by atoms with van der Waals surface area (Å²) in [6.07, 6.45) is 1.41. The standard InChI is InChI=1S/C31H42N2O6S2/c1-17-9-7-10-22-23(33(22)30(38)25-11-8-12-40-25)14-24(18(2)13-21-16-41-20(4)32-21)39-27(35)15-26(34)31(5,6)29(37)19(3)28(17)36/h8,11-13,16-17,19,22-24,26,28,34,36H,7,9-10,14-15H2,1-6H3/t17-,19+,22+,23+,24-,26-,28-,33?/m1/s1. The minimum absolute atomic E-state index is 0.0130. The van der Waals surface area contributed by atoms with E-state index in [0.717, 1.165) is 29.1 Å². The number of ketones is 1. The zero-order valence-electron chi connectivity index (χ0n) is 24.7. The lowest BCUT2D eigenvalue weighted by molar-refractivity contribution is -0.154. The molecule has 10 heteroatoms. The molecule has 0 bridgehead atoms. The Hall–Kier alpha value is -2.40. The topological polar surface area (TPSA) is 117 Å². The van der Waals surface area contributed by atoms with Gasteiger partial charge in [0, 0.05) is 17.7 Å². The van der Waals surface area contributed by atoms with E-state index in [4.69, 9.17) is 4.74 Å². The van der Waals surface area contributed by atoms with Gasteiger partial charge < -0.3 is 19.8 Å². The predicted octanol–water partition coefficient (Wildman–Crippen LogP) is 5.27. The number of ether oxygens (including phenoxy) is 1. The van der Waals surface area contributed by atoms with Gasteiger partial charge in [0.25, 0.3) is 5.91 Å². The van der Waals surface area contributed by atoms with E-state index < -0.39 is 35.6 Å². The summed E-state index contributed by atoms with van der Waals surface area (Å²) in [4.78, 5) is 47.1. The molecule has 8 nitrogen and oxygen atoms in total. The SMILES string of the molecule is CC(=Cc1csc(C)n1)[C@H]1C[C@H]2[C@H](CCC[C@@H](C)[C@@H](O)[C@H](C)C(=O)C(C)(C)[C@H](O)CC(=O)O1)N2C(=O)c1cccs1. The van der Waals surface area contributed by atoms with Crippen molar-refractivity contribution in [2.45, 2.75) is 104 Å². The quantitative estimate of drug-likeness (QED) is 0.363. The largest absolute Gasteiger partial charge is 0.458 e. The van der Waals surface area contributed by atoms with Gasteiger partial charge >= 0.3 is 5.97 Å². The molecule has 0 unspecified atom stereocenters. The van der Waals surface area contributed by atoms with Gasteiger partial charge in [-0.1, -0.05) is 40.2 Å². The summed E-state index contributed by atoms with van der Waals surface area (Å²) in [5, 5.41) is 26.8. The molecule has 7 atom stereocenters. The highest BCUT2D eigenvalue weighted by Crippen LogP contribution is 2.41. The van der Waals surface area contributed by atoms with Crippen molar-refractivity contribution >= 4 is 46.4 Å². The van der Waals surface area contributed by atoms with Crippen LogP contribution >= 0.6 is 22.7 Å². The fourth-order valence-electron chi connectivity index (χ4n) is 5.92. The van der Waals surface area contributed by atoms with Crippen LogP contribution in [0.4, 0.5) is 0 Å². The first-order chi connectivity index (χ1) is 19.3. The number of amides is 1. The Balaban J connectivity index is 1.65. The summed E-state index contributed by atoms with van der Waals surface area (Å²) in [7, 11) is 0. The van der Waals surface area contributed by atoms with Crippen LogP contribution in [0, 0.1) is 24.2 Å². The Labute approximate surface area is 250 Å². The number of thiophene rings is 1. The second kappa shape index (κ2) is 12.9. The third kappa shape index (κ3) is 7.16. The molecule has 2 fully saturated rings. The number of esters is 1. The molecule has 2 aliphatic rings. The maximum absolute atomic E-state index is 13.4. The number of cyclic esters (lactones) is 1. The molecule has 41 heavy (non-hydrogen) atoms. The number of thiazole rings is 1. The number of aryl methyl sites for hydroxylation is 1. The summed E-state index contributed by atoms with van der Waals surface area (Å²) in [6, 6.07) is 3.56. The van der Waals surface area contributed by atoms with E-state index in [2.05, 4.69) is 4.98 Å². The van der Waals surface area contributed by atoms with Crippen LogP contribution in [0.25, 0.3) is 6.08 Å². The van der Waals surface area contributed by atoms with E-state index in [-0.39, 0.29) is 36.1 Å². The third-order valence-electron chi connectivity index (χ3n) is 8.78. The molecule has 2 aliphatic heterocycles. The summed E-state index contributed by atoms with van der Waals surface area (Å²) < 4.78 is 5.98. The first-order valence-corrected chi connectivity index (χ1v) is 16.1. The third-order valence-corrected chi connectivity index (χ3v) is 10.4. The Morgan fingerprint density at radius 1 is 1.17 bits per heavy atom. The fourth-order valence-corrected chi connectivity index (χ4v) is 7.16. The van der Waals surface area contributed by atoms with Gasteiger partial charge in [-0.2, -0.15) is 0 Å². The molecule has 0 aromatic carbocycles. The highest BCUT2D eigenvalue weighted by atomic mass is 32.1. The van der Waals surface area contributed by atoms with Gasteiger partial charge in [0.1, 0.15) is 11.9 Å². The molecule has 4 heterocycles. The number of aliphatic hydroxyl groups is 2. The fraction of sp³-hybridized carbons (Fsp3) is 0.613. The second-order valence-electron chi connectivity index (χ2n) is 12.2. The summed E-state index contributed by atoms with van der Waals surface area (Å²) in [5.41, 5.74) is 0.328. The molecule has 224 valence electrons.